The van der Waals surface area contributed by atoms with Crippen molar-refractivity contribution in [1.82, 2.24) is 9.78 Å². The maximum atomic E-state index is 13.0. The summed E-state index contributed by atoms with van der Waals surface area (Å²) in [6.45, 7) is 0.488. The van der Waals surface area contributed by atoms with Crippen molar-refractivity contribution in [2.24, 2.45) is 0 Å². The molecule has 0 atom stereocenters. The average Bonchev–Trinajstić information content (AvgIpc) is 3.44. The summed E-state index contributed by atoms with van der Waals surface area (Å²) >= 11 is 0. The van der Waals surface area contributed by atoms with E-state index in [1.54, 1.807) is 29.1 Å². The normalized spacial score (nSPS) is 10.7. The highest BCUT2D eigenvalue weighted by Crippen LogP contribution is 2.19. The Morgan fingerprint density at radius 2 is 1.88 bits per heavy atom. The minimum Gasteiger partial charge on any atom is -0.486 e. The van der Waals surface area contributed by atoms with Gasteiger partial charge in [-0.3, -0.25) is 19.6 Å². The average molecular weight is 436 g/mol. The van der Waals surface area contributed by atoms with Crippen molar-refractivity contribution in [3.05, 3.63) is 106 Å². The summed E-state index contributed by atoms with van der Waals surface area (Å²) in [4.78, 5) is 22.6. The van der Waals surface area contributed by atoms with E-state index in [-0.39, 0.29) is 23.9 Å². The fraction of sp³-hybridized carbons (Fsp3) is 0.0909. The molecule has 0 bridgehead atoms. The maximum absolute atomic E-state index is 13.0. The summed E-state index contributed by atoms with van der Waals surface area (Å²) in [5, 5.41) is 17.6. The molecule has 0 saturated carbocycles. The van der Waals surface area contributed by atoms with Gasteiger partial charge in [0.05, 0.1) is 23.4 Å². The van der Waals surface area contributed by atoms with Crippen LogP contribution in [-0.2, 0) is 13.2 Å². The number of ether oxygens (including phenoxy) is 1. The maximum Gasteiger partial charge on any atom is 0.291 e. The molecule has 9 nitrogen and oxygen atoms in total. The van der Waals surface area contributed by atoms with Crippen molar-refractivity contribution in [3.8, 4) is 5.75 Å². The van der Waals surface area contributed by atoms with Crippen molar-refractivity contribution in [3.63, 3.8) is 0 Å². The van der Waals surface area contributed by atoms with E-state index >= 15 is 0 Å². The topological polar surface area (TPSA) is 112 Å². The van der Waals surface area contributed by atoms with Crippen LogP contribution in [0.2, 0.25) is 0 Å². The molecule has 1 amide bonds. The number of nitro groups is 1. The molecule has 0 saturated heterocycles. The monoisotopic (exact) mass is 436 g/mol. The zero-order chi connectivity index (χ0) is 22.5. The van der Waals surface area contributed by atoms with E-state index in [0.29, 0.717) is 23.7 Å². The number of nitrogens with zero attached hydrogens (tertiary/aromatic N) is 3. The van der Waals surface area contributed by atoms with Gasteiger partial charge in [-0.05, 0) is 42.0 Å². The molecule has 0 aliphatic carbocycles. The van der Waals surface area contributed by atoms with Gasteiger partial charge in [0.15, 0.2) is 5.76 Å². The Bertz CT molecular complexity index is 1230. The van der Waals surface area contributed by atoms with Crippen LogP contribution in [0.15, 0.2) is 77.5 Å². The molecule has 0 fully saturated rings. The summed E-state index contributed by atoms with van der Waals surface area (Å²) in [6, 6.07) is 14.9. The summed E-state index contributed by atoms with van der Waals surface area (Å²) in [6.07, 6.45) is 3.16. The molecule has 162 valence electrons. The van der Waals surface area contributed by atoms with Crippen LogP contribution in [0.1, 0.15) is 21.9 Å². The number of amides is 1. The Labute approximate surface area is 181 Å². The van der Waals surface area contributed by atoms with Crippen LogP contribution in [0.4, 0.5) is 15.8 Å². The SMILES string of the molecule is O=C(Nc1cnn(Cc2ccc(F)cc2)c1)c1ccc(COc2ccc([N+](=O)[O-])cc2)o1. The van der Waals surface area contributed by atoms with Gasteiger partial charge in [0.2, 0.25) is 0 Å². The van der Waals surface area contributed by atoms with E-state index in [1.807, 2.05) is 0 Å². The van der Waals surface area contributed by atoms with Gasteiger partial charge in [0.1, 0.15) is 23.9 Å². The molecule has 10 heteroatoms. The lowest BCUT2D eigenvalue weighted by Crippen LogP contribution is -2.10. The lowest BCUT2D eigenvalue weighted by Gasteiger charge is -2.04. The smallest absolute Gasteiger partial charge is 0.291 e. The molecule has 0 aliphatic heterocycles. The number of benzene rings is 2. The van der Waals surface area contributed by atoms with E-state index in [4.69, 9.17) is 9.15 Å². The van der Waals surface area contributed by atoms with Gasteiger partial charge < -0.3 is 14.5 Å². The first kappa shape index (κ1) is 20.8. The molecule has 2 heterocycles. The number of furan rings is 1. The van der Waals surface area contributed by atoms with Gasteiger partial charge in [0, 0.05) is 18.3 Å². The van der Waals surface area contributed by atoms with Gasteiger partial charge in [-0.15, -0.1) is 0 Å². The largest absolute Gasteiger partial charge is 0.486 e. The van der Waals surface area contributed by atoms with Crippen LogP contribution in [-0.4, -0.2) is 20.6 Å². The van der Waals surface area contributed by atoms with Gasteiger partial charge in [-0.2, -0.15) is 5.10 Å². The number of rotatable bonds is 8. The van der Waals surface area contributed by atoms with E-state index < -0.39 is 10.8 Å². The molecular formula is C22H17FN4O5. The van der Waals surface area contributed by atoms with Gasteiger partial charge in [0.25, 0.3) is 11.6 Å². The summed E-state index contributed by atoms with van der Waals surface area (Å²) < 4.78 is 25.6. The second-order valence-corrected chi connectivity index (χ2v) is 6.81. The molecule has 1 N–H and O–H groups in total. The number of nitrogens with one attached hydrogen (secondary N) is 1. The van der Waals surface area contributed by atoms with E-state index in [9.17, 15) is 19.3 Å². The zero-order valence-corrected chi connectivity index (χ0v) is 16.6. The minimum absolute atomic E-state index is 0.0321. The standard InChI is InChI=1S/C22H17FN4O5/c23-16-3-1-15(2-4-16)12-26-13-17(11-24-26)25-22(28)21-10-9-20(32-21)14-31-19-7-5-18(6-8-19)27(29)30/h1-11,13H,12,14H2,(H,25,28). The first-order valence-corrected chi connectivity index (χ1v) is 9.50. The van der Waals surface area contributed by atoms with Crippen LogP contribution >= 0.6 is 0 Å². The van der Waals surface area contributed by atoms with Crippen molar-refractivity contribution >= 4 is 17.3 Å². The molecule has 32 heavy (non-hydrogen) atoms. The van der Waals surface area contributed by atoms with E-state index in [1.165, 1.54) is 48.7 Å². The van der Waals surface area contributed by atoms with Crippen LogP contribution in [0.3, 0.4) is 0 Å². The van der Waals surface area contributed by atoms with Crippen LogP contribution < -0.4 is 10.1 Å². The van der Waals surface area contributed by atoms with Crippen molar-refractivity contribution in [2.45, 2.75) is 13.2 Å². The number of carbonyl (C=O) groups excluding carboxylic acids is 1. The highest BCUT2D eigenvalue weighted by Gasteiger charge is 2.13. The highest BCUT2D eigenvalue weighted by molar-refractivity contribution is 6.02. The molecule has 4 rings (SSSR count). The fourth-order valence-corrected chi connectivity index (χ4v) is 2.88. The number of hydrogen-bond acceptors (Lipinski definition) is 6. The third kappa shape index (κ3) is 5.17. The minimum atomic E-state index is -0.492. The number of aromatic nitrogens is 2. The van der Waals surface area contributed by atoms with Crippen LogP contribution in [0.5, 0.6) is 5.75 Å². The summed E-state index contributed by atoms with van der Waals surface area (Å²) in [5.41, 5.74) is 1.32. The second kappa shape index (κ2) is 9.13. The van der Waals surface area contributed by atoms with Crippen molar-refractivity contribution in [1.29, 1.82) is 0 Å². The van der Waals surface area contributed by atoms with Gasteiger partial charge in [-0.25, -0.2) is 4.39 Å². The Hall–Kier alpha value is -4.47. The Morgan fingerprint density at radius 1 is 1.12 bits per heavy atom. The lowest BCUT2D eigenvalue weighted by atomic mass is 10.2. The number of halogens is 1. The Kier molecular flexibility index (Phi) is 5.93. The molecular weight excluding hydrogens is 419 g/mol. The van der Waals surface area contributed by atoms with Gasteiger partial charge >= 0.3 is 0 Å². The van der Waals surface area contributed by atoms with Crippen molar-refractivity contribution in [2.75, 3.05) is 5.32 Å². The quantitative estimate of drug-likeness (QED) is 0.324. The van der Waals surface area contributed by atoms with Crippen LogP contribution in [0, 0.1) is 15.9 Å². The Morgan fingerprint density at radius 3 is 2.59 bits per heavy atom. The molecule has 2 aromatic heterocycles. The molecule has 2 aromatic carbocycles. The van der Waals surface area contributed by atoms with E-state index in [0.717, 1.165) is 5.56 Å². The first-order valence-electron chi connectivity index (χ1n) is 9.50. The molecule has 0 aliphatic rings. The predicted molar refractivity (Wildman–Crippen MR) is 112 cm³/mol. The zero-order valence-electron chi connectivity index (χ0n) is 16.6. The number of non-ortho nitro benzene ring substituents is 1. The number of nitro benzene ring substituents is 1. The number of hydrogen-bond donors (Lipinski definition) is 1. The Balaban J connectivity index is 1.31. The summed E-state index contributed by atoms with van der Waals surface area (Å²) in [5.74, 6) is 0.191. The third-order valence-electron chi connectivity index (χ3n) is 4.46. The number of carbonyl (C=O) groups is 1. The van der Waals surface area contributed by atoms with E-state index in [2.05, 4.69) is 10.4 Å². The lowest BCUT2D eigenvalue weighted by molar-refractivity contribution is -0.384. The molecule has 0 spiro atoms. The highest BCUT2D eigenvalue weighted by atomic mass is 19.1. The second-order valence-electron chi connectivity index (χ2n) is 6.81. The third-order valence-corrected chi connectivity index (χ3v) is 4.46. The van der Waals surface area contributed by atoms with Crippen LogP contribution in [0.25, 0.3) is 0 Å². The van der Waals surface area contributed by atoms with Gasteiger partial charge in [-0.1, -0.05) is 12.1 Å². The predicted octanol–water partition coefficient (Wildman–Crippen LogP) is 4.40. The molecule has 4 aromatic rings. The molecule has 0 radical (unpaired) electrons. The van der Waals surface area contributed by atoms with Crippen molar-refractivity contribution < 1.29 is 23.3 Å². The molecule has 0 unspecified atom stereocenters. The summed E-state index contributed by atoms with van der Waals surface area (Å²) in [7, 11) is 0. The first-order chi connectivity index (χ1) is 15.5. The number of anilines is 1. The fourth-order valence-electron chi connectivity index (χ4n) is 2.88.